The lowest BCUT2D eigenvalue weighted by molar-refractivity contribution is 0.0954. The number of rotatable bonds is 4. The van der Waals surface area contributed by atoms with Gasteiger partial charge in [-0.2, -0.15) is 0 Å². The Morgan fingerprint density at radius 2 is 2.25 bits per heavy atom. The van der Waals surface area contributed by atoms with E-state index in [1.54, 1.807) is 6.07 Å². The van der Waals surface area contributed by atoms with E-state index in [4.69, 9.17) is 4.74 Å². The summed E-state index contributed by atoms with van der Waals surface area (Å²) in [6.07, 6.45) is 0. The zero-order valence-corrected chi connectivity index (χ0v) is 9.41. The Morgan fingerprint density at radius 1 is 1.56 bits per heavy atom. The minimum atomic E-state index is -0.348. The molecule has 0 bridgehead atoms. The summed E-state index contributed by atoms with van der Waals surface area (Å²) in [7, 11) is 1.50. The molecule has 2 N–H and O–H groups in total. The summed E-state index contributed by atoms with van der Waals surface area (Å²) in [6.45, 7) is 5.87. The second-order valence-corrected chi connectivity index (χ2v) is 3.52. The zero-order valence-electron chi connectivity index (χ0n) is 9.41. The standard InChI is InChI=1S/C12H15NO3/c1-8(2)7-13-12(15)10-6-9(16-3)4-5-11(10)14/h4-6,14H,1,7H2,2-3H3,(H,13,15). The Hall–Kier alpha value is -1.97. The third kappa shape index (κ3) is 3.02. The van der Waals surface area contributed by atoms with E-state index < -0.39 is 0 Å². The highest BCUT2D eigenvalue weighted by atomic mass is 16.5. The zero-order chi connectivity index (χ0) is 12.1. The first-order valence-electron chi connectivity index (χ1n) is 4.84. The average molecular weight is 221 g/mol. The van der Waals surface area contributed by atoms with Crippen molar-refractivity contribution in [2.45, 2.75) is 6.92 Å². The first-order valence-corrected chi connectivity index (χ1v) is 4.84. The van der Waals surface area contributed by atoms with Crippen molar-refractivity contribution < 1.29 is 14.6 Å². The maximum Gasteiger partial charge on any atom is 0.255 e. The van der Waals surface area contributed by atoms with Gasteiger partial charge in [-0.1, -0.05) is 12.2 Å². The van der Waals surface area contributed by atoms with E-state index >= 15 is 0 Å². The number of hydrogen-bond acceptors (Lipinski definition) is 3. The van der Waals surface area contributed by atoms with Gasteiger partial charge >= 0.3 is 0 Å². The molecule has 0 atom stereocenters. The maximum atomic E-state index is 11.7. The van der Waals surface area contributed by atoms with Gasteiger partial charge in [-0.15, -0.1) is 0 Å². The topological polar surface area (TPSA) is 58.6 Å². The predicted molar refractivity (Wildman–Crippen MR) is 61.8 cm³/mol. The lowest BCUT2D eigenvalue weighted by Gasteiger charge is -2.08. The third-order valence-electron chi connectivity index (χ3n) is 2.00. The van der Waals surface area contributed by atoms with Gasteiger partial charge in [0.05, 0.1) is 12.7 Å². The van der Waals surface area contributed by atoms with Crippen molar-refractivity contribution in [3.05, 3.63) is 35.9 Å². The minimum absolute atomic E-state index is 0.0694. The molecule has 0 saturated carbocycles. The molecular formula is C12H15NO3. The Kier molecular flexibility index (Phi) is 3.94. The molecule has 4 heteroatoms. The van der Waals surface area contributed by atoms with Gasteiger partial charge < -0.3 is 15.2 Å². The molecule has 0 fully saturated rings. The molecule has 0 aliphatic rings. The van der Waals surface area contributed by atoms with Crippen LogP contribution in [0.25, 0.3) is 0 Å². The highest BCUT2D eigenvalue weighted by Gasteiger charge is 2.11. The van der Waals surface area contributed by atoms with Gasteiger partial charge in [0.15, 0.2) is 0 Å². The first-order chi connectivity index (χ1) is 7.54. The van der Waals surface area contributed by atoms with Gasteiger partial charge in [-0.25, -0.2) is 0 Å². The molecule has 86 valence electrons. The molecule has 0 unspecified atom stereocenters. The molecule has 4 nitrogen and oxygen atoms in total. The number of carbonyl (C=O) groups excluding carboxylic acids is 1. The fourth-order valence-corrected chi connectivity index (χ4v) is 1.15. The number of hydrogen-bond donors (Lipinski definition) is 2. The number of benzene rings is 1. The summed E-state index contributed by atoms with van der Waals surface area (Å²) < 4.78 is 4.98. The van der Waals surface area contributed by atoms with Crippen LogP contribution in [0, 0.1) is 0 Å². The summed E-state index contributed by atoms with van der Waals surface area (Å²) in [5.74, 6) is 0.109. The highest BCUT2D eigenvalue weighted by Crippen LogP contribution is 2.22. The summed E-state index contributed by atoms with van der Waals surface area (Å²) in [4.78, 5) is 11.7. The van der Waals surface area contributed by atoms with Gasteiger partial charge in [0.25, 0.3) is 5.91 Å². The van der Waals surface area contributed by atoms with E-state index in [-0.39, 0.29) is 17.2 Å². The van der Waals surface area contributed by atoms with Crippen LogP contribution in [0.15, 0.2) is 30.4 Å². The predicted octanol–water partition coefficient (Wildman–Crippen LogP) is 1.71. The molecule has 16 heavy (non-hydrogen) atoms. The normalized spacial score (nSPS) is 9.62. The van der Waals surface area contributed by atoms with Crippen LogP contribution in [0.3, 0.4) is 0 Å². The molecule has 0 aliphatic carbocycles. The number of phenols is 1. The quantitative estimate of drug-likeness (QED) is 0.761. The van der Waals surface area contributed by atoms with E-state index in [9.17, 15) is 9.90 Å². The number of carbonyl (C=O) groups is 1. The lowest BCUT2D eigenvalue weighted by atomic mass is 10.1. The molecule has 0 spiro atoms. The van der Waals surface area contributed by atoms with Crippen molar-refractivity contribution in [2.75, 3.05) is 13.7 Å². The average Bonchev–Trinajstić information content (AvgIpc) is 2.26. The van der Waals surface area contributed by atoms with Gasteiger partial charge in [0, 0.05) is 6.54 Å². The van der Waals surface area contributed by atoms with Crippen molar-refractivity contribution in [1.82, 2.24) is 5.32 Å². The van der Waals surface area contributed by atoms with Crippen LogP contribution < -0.4 is 10.1 Å². The van der Waals surface area contributed by atoms with Gasteiger partial charge in [-0.3, -0.25) is 4.79 Å². The molecule has 1 aromatic rings. The van der Waals surface area contributed by atoms with Crippen LogP contribution in [-0.4, -0.2) is 24.7 Å². The molecule has 0 heterocycles. The maximum absolute atomic E-state index is 11.7. The second-order valence-electron chi connectivity index (χ2n) is 3.52. The van der Waals surface area contributed by atoms with E-state index in [1.807, 2.05) is 6.92 Å². The Balaban J connectivity index is 2.85. The van der Waals surface area contributed by atoms with E-state index in [0.717, 1.165) is 5.57 Å². The Labute approximate surface area is 94.6 Å². The van der Waals surface area contributed by atoms with Crippen LogP contribution in [0.5, 0.6) is 11.5 Å². The Bertz CT molecular complexity index is 413. The molecule has 1 aromatic carbocycles. The fourth-order valence-electron chi connectivity index (χ4n) is 1.15. The van der Waals surface area contributed by atoms with E-state index in [2.05, 4.69) is 11.9 Å². The number of aromatic hydroxyl groups is 1. The summed E-state index contributed by atoms with van der Waals surface area (Å²) in [5, 5.41) is 12.2. The van der Waals surface area contributed by atoms with Crippen LogP contribution in [-0.2, 0) is 0 Å². The number of methoxy groups -OCH3 is 1. The summed E-state index contributed by atoms with van der Waals surface area (Å²) in [6, 6.07) is 4.50. The fraction of sp³-hybridized carbons (Fsp3) is 0.250. The number of amides is 1. The Morgan fingerprint density at radius 3 is 2.81 bits per heavy atom. The smallest absolute Gasteiger partial charge is 0.255 e. The summed E-state index contributed by atoms with van der Waals surface area (Å²) in [5.41, 5.74) is 1.04. The molecular weight excluding hydrogens is 206 g/mol. The van der Waals surface area contributed by atoms with Crippen molar-refractivity contribution in [1.29, 1.82) is 0 Å². The van der Waals surface area contributed by atoms with Crippen molar-refractivity contribution in [2.24, 2.45) is 0 Å². The highest BCUT2D eigenvalue weighted by molar-refractivity contribution is 5.97. The number of nitrogens with one attached hydrogen (secondary N) is 1. The van der Waals surface area contributed by atoms with Gasteiger partial charge in [0.2, 0.25) is 0 Å². The summed E-state index contributed by atoms with van der Waals surface area (Å²) >= 11 is 0. The van der Waals surface area contributed by atoms with Crippen LogP contribution in [0.4, 0.5) is 0 Å². The minimum Gasteiger partial charge on any atom is -0.507 e. The van der Waals surface area contributed by atoms with Gasteiger partial charge in [-0.05, 0) is 25.1 Å². The van der Waals surface area contributed by atoms with Gasteiger partial charge in [0.1, 0.15) is 11.5 Å². The van der Waals surface area contributed by atoms with Crippen LogP contribution in [0.2, 0.25) is 0 Å². The van der Waals surface area contributed by atoms with E-state index in [1.165, 1.54) is 19.2 Å². The molecule has 0 aliphatic heterocycles. The van der Waals surface area contributed by atoms with Crippen molar-refractivity contribution in [3.8, 4) is 11.5 Å². The van der Waals surface area contributed by atoms with Crippen LogP contribution >= 0.6 is 0 Å². The molecule has 0 radical (unpaired) electrons. The molecule has 0 saturated heterocycles. The SMILES string of the molecule is C=C(C)CNC(=O)c1cc(OC)ccc1O. The largest absolute Gasteiger partial charge is 0.507 e. The van der Waals surface area contributed by atoms with Crippen molar-refractivity contribution in [3.63, 3.8) is 0 Å². The monoisotopic (exact) mass is 221 g/mol. The first kappa shape index (κ1) is 12.1. The molecule has 1 rings (SSSR count). The lowest BCUT2D eigenvalue weighted by Crippen LogP contribution is -2.24. The number of ether oxygens (including phenoxy) is 1. The third-order valence-corrected chi connectivity index (χ3v) is 2.00. The second kappa shape index (κ2) is 5.21. The van der Waals surface area contributed by atoms with E-state index in [0.29, 0.717) is 12.3 Å². The number of phenolic OH excluding ortho intramolecular Hbond substituents is 1. The molecule has 0 aromatic heterocycles. The van der Waals surface area contributed by atoms with Crippen molar-refractivity contribution >= 4 is 5.91 Å². The van der Waals surface area contributed by atoms with Crippen LogP contribution in [0.1, 0.15) is 17.3 Å². The molecule has 1 amide bonds.